The van der Waals surface area contributed by atoms with Gasteiger partial charge in [0.2, 0.25) is 0 Å². The average Bonchev–Trinajstić information content (AvgIpc) is 2.77. The maximum absolute atomic E-state index is 15.1. The molecule has 2 aromatic rings. The first-order chi connectivity index (χ1) is 15.3. The molecule has 0 fully saturated rings. The van der Waals surface area contributed by atoms with E-state index in [-0.39, 0.29) is 24.6 Å². The number of fused-ring (bicyclic) bond motifs is 1. The molecule has 0 bridgehead atoms. The summed E-state index contributed by atoms with van der Waals surface area (Å²) in [6.07, 6.45) is 1.58. The maximum atomic E-state index is 15.1. The van der Waals surface area contributed by atoms with E-state index >= 15 is 8.78 Å². The predicted octanol–water partition coefficient (Wildman–Crippen LogP) is 5.03. The second-order valence-electron chi connectivity index (χ2n) is 7.04. The van der Waals surface area contributed by atoms with Crippen molar-refractivity contribution in [2.75, 3.05) is 37.2 Å². The Labute approximate surface area is 187 Å². The Hall–Kier alpha value is -3.06. The van der Waals surface area contributed by atoms with Gasteiger partial charge in [0.05, 0.1) is 32.1 Å². The van der Waals surface area contributed by atoms with Crippen LogP contribution >= 0.6 is 8.58 Å². The number of benzene rings is 1. The van der Waals surface area contributed by atoms with Crippen molar-refractivity contribution in [2.45, 2.75) is 20.4 Å². The van der Waals surface area contributed by atoms with Crippen LogP contribution in [0.2, 0.25) is 0 Å². The molecule has 3 rings (SSSR count). The number of allylic oxidation sites excluding steroid dienone is 1. The summed E-state index contributed by atoms with van der Waals surface area (Å²) in [7, 11) is 2.99. The lowest BCUT2D eigenvalue weighted by atomic mass is 10.0. The Balaban J connectivity index is 2.15. The highest BCUT2D eigenvalue weighted by Crippen LogP contribution is 2.41. The molecule has 32 heavy (non-hydrogen) atoms. The fourth-order valence-electron chi connectivity index (χ4n) is 3.59. The number of halogens is 2. The number of methoxy groups -OCH3 is 2. The van der Waals surface area contributed by atoms with E-state index in [1.54, 1.807) is 26.1 Å². The van der Waals surface area contributed by atoms with Crippen molar-refractivity contribution in [3.63, 3.8) is 0 Å². The Morgan fingerprint density at radius 2 is 1.88 bits per heavy atom. The van der Waals surface area contributed by atoms with Gasteiger partial charge < -0.3 is 14.9 Å². The lowest BCUT2D eigenvalue weighted by molar-refractivity contribution is 0.249. The SMILES string of the molecule is CCN1C(=O)N(c2c(F)c(OC)cc(OC)c2F)Cc2cnc(/C(=C/PC)C(C)=N)cc21. The summed E-state index contributed by atoms with van der Waals surface area (Å²) in [5, 5.41) is 8.04. The number of amides is 2. The highest BCUT2D eigenvalue weighted by molar-refractivity contribution is 7.41. The molecule has 1 aliphatic rings. The zero-order valence-corrected chi connectivity index (χ0v) is 19.5. The summed E-state index contributed by atoms with van der Waals surface area (Å²) in [6, 6.07) is 2.26. The number of aromatic nitrogens is 1. The summed E-state index contributed by atoms with van der Waals surface area (Å²) in [4.78, 5) is 20.2. The molecule has 1 aromatic heterocycles. The molecule has 0 spiro atoms. The molecule has 170 valence electrons. The van der Waals surface area contributed by atoms with Gasteiger partial charge in [0.1, 0.15) is 5.69 Å². The average molecular weight is 462 g/mol. The zero-order valence-electron chi connectivity index (χ0n) is 18.5. The first-order valence-corrected chi connectivity index (χ1v) is 11.5. The smallest absolute Gasteiger partial charge is 0.329 e. The molecule has 0 radical (unpaired) electrons. The number of hydrogen-bond donors (Lipinski definition) is 1. The first-order valence-electron chi connectivity index (χ1n) is 9.90. The largest absolute Gasteiger partial charge is 0.493 e. The van der Waals surface area contributed by atoms with Gasteiger partial charge in [-0.15, -0.1) is 8.58 Å². The van der Waals surface area contributed by atoms with Gasteiger partial charge in [-0.1, -0.05) is 5.82 Å². The second-order valence-corrected chi connectivity index (χ2v) is 7.91. The lowest BCUT2D eigenvalue weighted by Crippen LogP contribution is -2.48. The normalized spacial score (nSPS) is 14.2. The number of ether oxygens (including phenoxy) is 2. The van der Waals surface area contributed by atoms with Crippen molar-refractivity contribution in [1.82, 2.24) is 4.98 Å². The van der Waals surface area contributed by atoms with Gasteiger partial charge in [-0.3, -0.25) is 14.8 Å². The van der Waals surface area contributed by atoms with Crippen LogP contribution in [-0.2, 0) is 6.54 Å². The van der Waals surface area contributed by atoms with E-state index in [1.165, 1.54) is 19.1 Å². The van der Waals surface area contributed by atoms with Crippen LogP contribution in [0.25, 0.3) is 5.57 Å². The van der Waals surface area contributed by atoms with E-state index in [2.05, 4.69) is 4.98 Å². The molecule has 1 unspecified atom stereocenters. The molecule has 7 nitrogen and oxygen atoms in total. The summed E-state index contributed by atoms with van der Waals surface area (Å²) >= 11 is 0. The van der Waals surface area contributed by atoms with Gasteiger partial charge in [-0.05, 0) is 26.6 Å². The lowest BCUT2D eigenvalue weighted by Gasteiger charge is -2.37. The quantitative estimate of drug-likeness (QED) is 0.462. The molecule has 1 aliphatic heterocycles. The fraction of sp³-hybridized carbons (Fsp3) is 0.318. The summed E-state index contributed by atoms with van der Waals surface area (Å²) < 4.78 is 40.2. The number of carbonyl (C=O) groups is 1. The number of urea groups is 1. The number of rotatable bonds is 7. The fourth-order valence-corrected chi connectivity index (χ4v) is 4.24. The van der Waals surface area contributed by atoms with E-state index in [1.807, 2.05) is 12.5 Å². The molecule has 1 aromatic carbocycles. The predicted molar refractivity (Wildman–Crippen MR) is 124 cm³/mol. The van der Waals surface area contributed by atoms with Crippen LogP contribution in [0.1, 0.15) is 25.1 Å². The van der Waals surface area contributed by atoms with E-state index in [0.717, 1.165) is 11.0 Å². The van der Waals surface area contributed by atoms with Gasteiger partial charge in [-0.25, -0.2) is 13.6 Å². The maximum Gasteiger partial charge on any atom is 0.329 e. The van der Waals surface area contributed by atoms with Crippen LogP contribution in [-0.4, -0.2) is 44.2 Å². The highest BCUT2D eigenvalue weighted by atomic mass is 31.1. The Bertz CT molecular complexity index is 1080. The van der Waals surface area contributed by atoms with Crippen LogP contribution < -0.4 is 19.3 Å². The molecule has 0 saturated carbocycles. The Morgan fingerprint density at radius 1 is 1.25 bits per heavy atom. The van der Waals surface area contributed by atoms with E-state index < -0.39 is 23.4 Å². The van der Waals surface area contributed by atoms with Gasteiger partial charge in [0.25, 0.3) is 0 Å². The minimum Gasteiger partial charge on any atom is -0.493 e. The van der Waals surface area contributed by atoms with Crippen molar-refractivity contribution in [2.24, 2.45) is 0 Å². The Morgan fingerprint density at radius 3 is 2.38 bits per heavy atom. The van der Waals surface area contributed by atoms with Crippen LogP contribution in [0.15, 0.2) is 24.1 Å². The van der Waals surface area contributed by atoms with Crippen molar-refractivity contribution >= 4 is 37.3 Å². The van der Waals surface area contributed by atoms with Crippen LogP contribution in [0.4, 0.5) is 25.0 Å². The minimum atomic E-state index is -0.989. The summed E-state index contributed by atoms with van der Waals surface area (Å²) in [5.74, 6) is -0.513. The van der Waals surface area contributed by atoms with Crippen molar-refractivity contribution < 1.29 is 23.0 Å². The van der Waals surface area contributed by atoms with Gasteiger partial charge in [0, 0.05) is 35.7 Å². The molecule has 2 amide bonds. The standard InChI is InChI=1S/C22H25F2N4O3P/c1-6-27-16-7-15(14(11-32-5)12(2)25)26-9-13(16)10-28(22(27)29)21-19(23)17(30-3)8-18(31-4)20(21)24/h7-9,11,25,32H,6,10H2,1-5H3/b14-11+,25-12?. The van der Waals surface area contributed by atoms with E-state index in [9.17, 15) is 4.79 Å². The second kappa shape index (κ2) is 9.61. The molecule has 1 atom stereocenters. The van der Waals surface area contributed by atoms with Gasteiger partial charge in [-0.2, -0.15) is 0 Å². The van der Waals surface area contributed by atoms with Crippen molar-refractivity contribution in [3.05, 3.63) is 47.0 Å². The van der Waals surface area contributed by atoms with Gasteiger partial charge >= 0.3 is 6.03 Å². The van der Waals surface area contributed by atoms with Crippen molar-refractivity contribution in [1.29, 1.82) is 5.41 Å². The third kappa shape index (κ3) is 4.05. The highest BCUT2D eigenvalue weighted by Gasteiger charge is 2.36. The van der Waals surface area contributed by atoms with E-state index in [4.69, 9.17) is 14.9 Å². The summed E-state index contributed by atoms with van der Waals surface area (Å²) in [5.41, 5.74) is 2.31. The third-order valence-electron chi connectivity index (χ3n) is 5.15. The zero-order chi connectivity index (χ0) is 23.6. The molecule has 2 heterocycles. The molecule has 0 saturated heterocycles. The third-order valence-corrected chi connectivity index (χ3v) is 5.73. The minimum absolute atomic E-state index is 0.0831. The number of nitrogens with one attached hydrogen (secondary N) is 1. The number of anilines is 2. The number of pyridine rings is 1. The topological polar surface area (TPSA) is 78.8 Å². The molecule has 10 heteroatoms. The molecule has 1 N–H and O–H groups in total. The van der Waals surface area contributed by atoms with Crippen LogP contribution in [0.3, 0.4) is 0 Å². The first kappa shape index (κ1) is 23.6. The van der Waals surface area contributed by atoms with Crippen LogP contribution in [0.5, 0.6) is 11.5 Å². The number of carbonyl (C=O) groups excluding carboxylic acids is 1. The van der Waals surface area contributed by atoms with Crippen LogP contribution in [0, 0.1) is 17.0 Å². The van der Waals surface area contributed by atoms with E-state index in [0.29, 0.717) is 36.8 Å². The number of nitrogens with zero attached hydrogens (tertiary/aromatic N) is 3. The molecular weight excluding hydrogens is 437 g/mol. The summed E-state index contributed by atoms with van der Waals surface area (Å²) in [6.45, 7) is 5.64. The number of hydrogen-bond acceptors (Lipinski definition) is 5. The van der Waals surface area contributed by atoms with Gasteiger partial charge in [0.15, 0.2) is 23.1 Å². The monoisotopic (exact) mass is 462 g/mol. The molecular formula is C22H25F2N4O3P. The van der Waals surface area contributed by atoms with Crippen molar-refractivity contribution in [3.8, 4) is 11.5 Å². The molecule has 0 aliphatic carbocycles. The Kier molecular flexibility index (Phi) is 7.09.